The lowest BCUT2D eigenvalue weighted by Gasteiger charge is -2.12. The predicted molar refractivity (Wildman–Crippen MR) is 57.9 cm³/mol. The maximum Gasteiger partial charge on any atom is 0.136 e. The monoisotopic (exact) mass is 206 g/mol. The minimum Gasteiger partial charge on any atom is -0.508 e. The van der Waals surface area contributed by atoms with Gasteiger partial charge in [-0.3, -0.25) is 0 Å². The zero-order valence-electron chi connectivity index (χ0n) is 9.03. The molecule has 0 amide bonds. The molecule has 0 saturated carbocycles. The maximum atomic E-state index is 9.77. The minimum absolute atomic E-state index is 0.241. The third kappa shape index (κ3) is 1.70. The van der Waals surface area contributed by atoms with Crippen LogP contribution in [0.3, 0.4) is 0 Å². The van der Waals surface area contributed by atoms with E-state index in [9.17, 15) is 10.2 Å². The molecule has 0 aliphatic carbocycles. The van der Waals surface area contributed by atoms with Gasteiger partial charge in [-0.1, -0.05) is 0 Å². The van der Waals surface area contributed by atoms with Gasteiger partial charge in [0, 0.05) is 5.39 Å². The van der Waals surface area contributed by atoms with E-state index >= 15 is 0 Å². The topological polar surface area (TPSA) is 53.6 Å². The summed E-state index contributed by atoms with van der Waals surface area (Å²) in [4.78, 5) is 0. The highest BCUT2D eigenvalue weighted by Crippen LogP contribution is 2.31. The van der Waals surface area contributed by atoms with Crippen LogP contribution in [0.1, 0.15) is 25.2 Å². The first-order valence-corrected chi connectivity index (χ1v) is 4.84. The number of furan rings is 1. The van der Waals surface area contributed by atoms with Gasteiger partial charge < -0.3 is 14.6 Å². The largest absolute Gasteiger partial charge is 0.508 e. The number of aryl methyl sites for hydroxylation is 1. The average molecular weight is 206 g/mol. The summed E-state index contributed by atoms with van der Waals surface area (Å²) in [6.45, 7) is 5.13. The van der Waals surface area contributed by atoms with Crippen LogP contribution < -0.4 is 0 Å². The van der Waals surface area contributed by atoms with Gasteiger partial charge in [0.1, 0.15) is 22.7 Å². The first-order valence-electron chi connectivity index (χ1n) is 4.84. The lowest BCUT2D eigenvalue weighted by atomic mass is 10.1. The van der Waals surface area contributed by atoms with Crippen molar-refractivity contribution in [3.05, 3.63) is 29.5 Å². The third-order valence-electron chi connectivity index (χ3n) is 2.44. The Balaban J connectivity index is 2.66. The Morgan fingerprint density at radius 2 is 1.87 bits per heavy atom. The number of hydrogen-bond donors (Lipinski definition) is 2. The lowest BCUT2D eigenvalue weighted by Crippen LogP contribution is -2.13. The fourth-order valence-electron chi connectivity index (χ4n) is 1.48. The molecule has 15 heavy (non-hydrogen) atoms. The van der Waals surface area contributed by atoms with Gasteiger partial charge in [-0.25, -0.2) is 0 Å². The van der Waals surface area contributed by atoms with E-state index in [2.05, 4.69) is 0 Å². The summed E-state index contributed by atoms with van der Waals surface area (Å²) in [7, 11) is 0. The lowest BCUT2D eigenvalue weighted by molar-refractivity contribution is 0.0559. The first kappa shape index (κ1) is 10.1. The van der Waals surface area contributed by atoms with Crippen LogP contribution in [-0.4, -0.2) is 10.2 Å². The Kier molecular flexibility index (Phi) is 2.01. The van der Waals surface area contributed by atoms with Gasteiger partial charge in [-0.2, -0.15) is 0 Å². The van der Waals surface area contributed by atoms with Gasteiger partial charge in [-0.15, -0.1) is 0 Å². The molecule has 1 aromatic carbocycles. The Bertz CT molecular complexity index is 464. The number of hydrogen-bond acceptors (Lipinski definition) is 3. The van der Waals surface area contributed by atoms with Gasteiger partial charge in [0.25, 0.3) is 0 Å². The third-order valence-corrected chi connectivity index (χ3v) is 2.44. The molecule has 0 bridgehead atoms. The van der Waals surface area contributed by atoms with Crippen LogP contribution >= 0.6 is 0 Å². The highest BCUT2D eigenvalue weighted by Gasteiger charge is 2.21. The highest BCUT2D eigenvalue weighted by atomic mass is 16.4. The van der Waals surface area contributed by atoms with Crippen LogP contribution in [0.25, 0.3) is 11.0 Å². The molecule has 2 rings (SSSR count). The molecule has 3 nitrogen and oxygen atoms in total. The molecule has 1 heterocycles. The molecule has 0 radical (unpaired) electrons. The van der Waals surface area contributed by atoms with Crippen molar-refractivity contribution >= 4 is 11.0 Å². The number of rotatable bonds is 1. The molecule has 0 spiro atoms. The van der Waals surface area contributed by atoms with Crippen molar-refractivity contribution in [1.29, 1.82) is 0 Å². The molecule has 3 heteroatoms. The normalized spacial score (nSPS) is 12.3. The van der Waals surface area contributed by atoms with Gasteiger partial charge in [0.2, 0.25) is 0 Å². The summed E-state index contributed by atoms with van der Waals surface area (Å²) in [6.07, 6.45) is 0. The van der Waals surface area contributed by atoms with E-state index in [1.54, 1.807) is 39.0 Å². The quantitative estimate of drug-likeness (QED) is 0.754. The zero-order chi connectivity index (χ0) is 11.2. The molecular weight excluding hydrogens is 192 g/mol. The molecule has 0 saturated heterocycles. The Labute approximate surface area is 88.0 Å². The minimum atomic E-state index is -0.997. The molecule has 1 aromatic heterocycles. The summed E-state index contributed by atoms with van der Waals surface area (Å²) < 4.78 is 5.51. The van der Waals surface area contributed by atoms with E-state index in [1.807, 2.05) is 0 Å². The van der Waals surface area contributed by atoms with E-state index in [0.29, 0.717) is 11.3 Å². The summed E-state index contributed by atoms with van der Waals surface area (Å²) in [5, 5.41) is 20.1. The van der Waals surface area contributed by atoms with Gasteiger partial charge in [-0.05, 0) is 44.5 Å². The van der Waals surface area contributed by atoms with Gasteiger partial charge >= 0.3 is 0 Å². The van der Waals surface area contributed by atoms with Crippen LogP contribution in [0.5, 0.6) is 5.75 Å². The molecule has 2 aromatic rings. The van der Waals surface area contributed by atoms with Gasteiger partial charge in [0.05, 0.1) is 0 Å². The Morgan fingerprint density at radius 3 is 2.47 bits per heavy atom. The number of aromatic hydroxyl groups is 1. The molecule has 0 atom stereocenters. The number of fused-ring (bicyclic) bond motifs is 1. The predicted octanol–water partition coefficient (Wildman–Crippen LogP) is 2.67. The first-order chi connectivity index (χ1) is 6.88. The number of aliphatic hydroxyl groups is 1. The molecular formula is C12H14O3. The molecule has 0 unspecified atom stereocenters. The highest BCUT2D eigenvalue weighted by molar-refractivity contribution is 5.80. The smallest absolute Gasteiger partial charge is 0.136 e. The molecule has 0 fully saturated rings. The van der Waals surface area contributed by atoms with Crippen molar-refractivity contribution in [2.75, 3.05) is 0 Å². The summed E-state index contributed by atoms with van der Waals surface area (Å²) in [5.41, 5.74) is 0.448. The molecule has 0 aliphatic rings. The van der Waals surface area contributed by atoms with E-state index in [4.69, 9.17) is 4.42 Å². The Morgan fingerprint density at radius 1 is 1.20 bits per heavy atom. The second-order valence-corrected chi connectivity index (χ2v) is 4.35. The van der Waals surface area contributed by atoms with Crippen LogP contribution in [0.4, 0.5) is 0 Å². The number of benzene rings is 1. The van der Waals surface area contributed by atoms with Gasteiger partial charge in [0.15, 0.2) is 0 Å². The maximum absolute atomic E-state index is 9.77. The van der Waals surface area contributed by atoms with E-state index in [1.165, 1.54) is 0 Å². The summed E-state index contributed by atoms with van der Waals surface area (Å²) >= 11 is 0. The average Bonchev–Trinajstić information content (AvgIpc) is 2.47. The van der Waals surface area contributed by atoms with E-state index in [0.717, 1.165) is 10.9 Å². The van der Waals surface area contributed by atoms with Crippen molar-refractivity contribution < 1.29 is 14.6 Å². The zero-order valence-corrected chi connectivity index (χ0v) is 9.03. The standard InChI is InChI=1S/C12H14O3/c1-7-4-10-8(5-9(7)13)6-11(15-10)12(2,3)14/h4-6,13-14H,1-3H3. The second kappa shape index (κ2) is 3.00. The summed E-state index contributed by atoms with van der Waals surface area (Å²) in [5.74, 6) is 0.744. The van der Waals surface area contributed by atoms with Crippen LogP contribution in [-0.2, 0) is 5.60 Å². The fraction of sp³-hybridized carbons (Fsp3) is 0.333. The van der Waals surface area contributed by atoms with Crippen molar-refractivity contribution in [2.24, 2.45) is 0 Å². The molecule has 2 N–H and O–H groups in total. The van der Waals surface area contributed by atoms with E-state index in [-0.39, 0.29) is 5.75 Å². The molecule has 0 aliphatic heterocycles. The van der Waals surface area contributed by atoms with Crippen molar-refractivity contribution in [3.8, 4) is 5.75 Å². The van der Waals surface area contributed by atoms with Crippen molar-refractivity contribution in [3.63, 3.8) is 0 Å². The van der Waals surface area contributed by atoms with E-state index < -0.39 is 5.60 Å². The number of phenolic OH excluding ortho intramolecular Hbond substituents is 1. The van der Waals surface area contributed by atoms with Crippen LogP contribution in [0.2, 0.25) is 0 Å². The van der Waals surface area contributed by atoms with Crippen molar-refractivity contribution in [1.82, 2.24) is 0 Å². The van der Waals surface area contributed by atoms with Crippen molar-refractivity contribution in [2.45, 2.75) is 26.4 Å². The fourth-order valence-corrected chi connectivity index (χ4v) is 1.48. The second-order valence-electron chi connectivity index (χ2n) is 4.35. The number of phenols is 1. The van der Waals surface area contributed by atoms with Crippen LogP contribution in [0, 0.1) is 6.92 Å². The summed E-state index contributed by atoms with van der Waals surface area (Å²) in [6, 6.07) is 5.15. The van der Waals surface area contributed by atoms with Crippen LogP contribution in [0.15, 0.2) is 22.6 Å². The molecule has 80 valence electrons. The SMILES string of the molecule is Cc1cc2oc(C(C)(C)O)cc2cc1O. The Hall–Kier alpha value is -1.48.